The van der Waals surface area contributed by atoms with Crippen LogP contribution < -0.4 is 10.1 Å². The average molecular weight is 630 g/mol. The van der Waals surface area contributed by atoms with E-state index in [2.05, 4.69) is 37.7 Å². The van der Waals surface area contributed by atoms with Crippen molar-refractivity contribution in [2.75, 3.05) is 6.54 Å². The first-order valence-electron chi connectivity index (χ1n) is 15.5. The highest BCUT2D eigenvalue weighted by Crippen LogP contribution is 2.50. The van der Waals surface area contributed by atoms with Gasteiger partial charge in [0.2, 0.25) is 0 Å². The number of carbonyl (C=O) groups is 3. The van der Waals surface area contributed by atoms with E-state index in [9.17, 15) is 27.6 Å². The average Bonchev–Trinajstić information content (AvgIpc) is 3.23. The predicted molar refractivity (Wildman–Crippen MR) is 164 cm³/mol. The quantitative estimate of drug-likeness (QED) is 0.272. The minimum absolute atomic E-state index is 0.0127. The fourth-order valence-electron chi connectivity index (χ4n) is 6.43. The maximum Gasteiger partial charge on any atom is 0.573 e. The summed E-state index contributed by atoms with van der Waals surface area (Å²) in [6.45, 7) is 8.74. The molecule has 0 bridgehead atoms. The summed E-state index contributed by atoms with van der Waals surface area (Å²) in [7, 11) is 0. The number of halogens is 3. The number of carboxylic acids is 1. The van der Waals surface area contributed by atoms with Crippen LogP contribution in [0, 0.1) is 11.3 Å². The van der Waals surface area contributed by atoms with Crippen LogP contribution in [0.15, 0.2) is 53.5 Å². The van der Waals surface area contributed by atoms with Gasteiger partial charge in [-0.05, 0) is 85.4 Å². The molecule has 1 heterocycles. The van der Waals surface area contributed by atoms with Crippen LogP contribution >= 0.6 is 0 Å². The number of nitrogens with one attached hydrogen (secondary N) is 1. The Bertz CT molecular complexity index is 1390. The summed E-state index contributed by atoms with van der Waals surface area (Å²) in [5.41, 5.74) is 1.17. The highest BCUT2D eigenvalue weighted by Gasteiger charge is 2.52. The third-order valence-corrected chi connectivity index (χ3v) is 8.89. The maximum absolute atomic E-state index is 14.4. The van der Waals surface area contributed by atoms with Crippen molar-refractivity contribution in [1.82, 2.24) is 10.2 Å². The topological polar surface area (TPSA) is 108 Å². The van der Waals surface area contributed by atoms with Crippen molar-refractivity contribution in [2.45, 2.75) is 97.1 Å². The number of rotatable bonds is 11. The van der Waals surface area contributed by atoms with E-state index < -0.39 is 18.0 Å². The lowest BCUT2D eigenvalue weighted by atomic mass is 9.69. The number of hydrogen-bond acceptors (Lipinski definition) is 5. The van der Waals surface area contributed by atoms with E-state index >= 15 is 0 Å². The van der Waals surface area contributed by atoms with E-state index in [-0.39, 0.29) is 47.7 Å². The Kier molecular flexibility index (Phi) is 10.3. The van der Waals surface area contributed by atoms with Crippen molar-refractivity contribution in [3.05, 3.63) is 65.2 Å². The summed E-state index contributed by atoms with van der Waals surface area (Å²) in [5.74, 6) is -1.58. The Morgan fingerprint density at radius 3 is 2.22 bits per heavy atom. The molecule has 1 aliphatic heterocycles. The number of ether oxygens (including phenoxy) is 1. The number of carboxylic acid groups (broad SMARTS) is 1. The molecule has 1 saturated carbocycles. The standard InChI is InChI=1S/C34H42F3N3O5/c1-5-6-7-27(22-8-10-24(11-9-22)30(43)38-21-18-28(41)42)40-31(44)29(23-12-14-26(15-13-23)45-34(35,36)37)39-33(40)19-16-25(17-20-33)32(2,3)4/h8-15,25,27H,5-7,16-21H2,1-4H3,(H,38,43)(H,41,42). The molecule has 1 unspecified atom stereocenters. The van der Waals surface area contributed by atoms with Crippen molar-refractivity contribution in [2.24, 2.45) is 16.3 Å². The third-order valence-electron chi connectivity index (χ3n) is 8.89. The molecule has 2 amide bonds. The van der Waals surface area contributed by atoms with Gasteiger partial charge in [-0.25, -0.2) is 0 Å². The third kappa shape index (κ3) is 8.23. The molecule has 4 rings (SSSR count). The first-order valence-corrected chi connectivity index (χ1v) is 15.5. The van der Waals surface area contributed by atoms with Gasteiger partial charge in [-0.15, -0.1) is 13.2 Å². The second-order valence-corrected chi connectivity index (χ2v) is 13.0. The van der Waals surface area contributed by atoms with Gasteiger partial charge in [-0.2, -0.15) is 0 Å². The van der Waals surface area contributed by atoms with Crippen LogP contribution in [0.4, 0.5) is 13.2 Å². The van der Waals surface area contributed by atoms with Gasteiger partial charge in [-0.1, -0.05) is 52.7 Å². The van der Waals surface area contributed by atoms with Crippen LogP contribution in [-0.4, -0.2) is 52.1 Å². The zero-order valence-electron chi connectivity index (χ0n) is 26.2. The number of alkyl halides is 3. The number of carbonyl (C=O) groups excluding carboxylic acids is 2. The van der Waals surface area contributed by atoms with Gasteiger partial charge < -0.3 is 20.1 Å². The van der Waals surface area contributed by atoms with Crippen LogP contribution in [0.3, 0.4) is 0 Å². The molecule has 2 aromatic rings. The van der Waals surface area contributed by atoms with E-state index in [4.69, 9.17) is 10.1 Å². The Hall–Kier alpha value is -3.89. The molecule has 1 fully saturated rings. The van der Waals surface area contributed by atoms with Crippen LogP contribution in [0.1, 0.15) is 107 Å². The molecule has 2 aliphatic rings. The number of aliphatic imine (C=N–C) groups is 1. The van der Waals surface area contributed by atoms with Gasteiger partial charge >= 0.3 is 12.3 Å². The minimum Gasteiger partial charge on any atom is -0.481 e. The van der Waals surface area contributed by atoms with Gasteiger partial charge in [-0.3, -0.25) is 19.4 Å². The number of nitrogens with zero attached hydrogens (tertiary/aromatic N) is 2. The van der Waals surface area contributed by atoms with Crippen molar-refractivity contribution in [1.29, 1.82) is 0 Å². The smallest absolute Gasteiger partial charge is 0.481 e. The van der Waals surface area contributed by atoms with E-state index in [0.29, 0.717) is 36.3 Å². The van der Waals surface area contributed by atoms with Crippen molar-refractivity contribution in [3.63, 3.8) is 0 Å². The first-order chi connectivity index (χ1) is 21.1. The first kappa shape index (κ1) is 34.0. The van der Waals surface area contributed by atoms with Crippen LogP contribution in [0.25, 0.3) is 0 Å². The maximum atomic E-state index is 14.4. The molecule has 1 aliphatic carbocycles. The number of aliphatic carboxylic acids is 1. The van der Waals surface area contributed by atoms with Crippen LogP contribution in [0.5, 0.6) is 5.75 Å². The van der Waals surface area contributed by atoms with Crippen LogP contribution in [-0.2, 0) is 9.59 Å². The molecule has 2 N–H and O–H groups in total. The molecule has 1 atom stereocenters. The molecule has 8 nitrogen and oxygen atoms in total. The SMILES string of the molecule is CCCCC(c1ccc(C(=O)NCCC(=O)O)cc1)N1C(=O)C(c2ccc(OC(F)(F)F)cc2)=NC12CCC(C(C)(C)C)CC2. The zero-order valence-corrected chi connectivity index (χ0v) is 26.2. The van der Waals surface area contributed by atoms with Gasteiger partial charge in [0.1, 0.15) is 17.1 Å². The Labute approximate surface area is 262 Å². The predicted octanol–water partition coefficient (Wildman–Crippen LogP) is 7.29. The van der Waals surface area contributed by atoms with E-state index in [1.165, 1.54) is 24.3 Å². The van der Waals surface area contributed by atoms with Gasteiger partial charge in [0, 0.05) is 17.7 Å². The monoisotopic (exact) mass is 629 g/mol. The second-order valence-electron chi connectivity index (χ2n) is 13.0. The van der Waals surface area contributed by atoms with Crippen molar-refractivity contribution < 1.29 is 37.4 Å². The summed E-state index contributed by atoms with van der Waals surface area (Å²) in [6, 6.07) is 11.9. The number of unbranched alkanes of at least 4 members (excludes halogenated alkanes) is 1. The molecule has 0 radical (unpaired) electrons. The molecule has 45 heavy (non-hydrogen) atoms. The molecule has 1 spiro atoms. The number of hydrogen-bond donors (Lipinski definition) is 2. The largest absolute Gasteiger partial charge is 0.573 e. The molecule has 11 heteroatoms. The number of amides is 2. The fraction of sp³-hybridized carbons (Fsp3) is 0.529. The minimum atomic E-state index is -4.82. The van der Waals surface area contributed by atoms with Crippen molar-refractivity contribution in [3.8, 4) is 5.75 Å². The van der Waals surface area contributed by atoms with E-state index in [1.807, 2.05) is 17.0 Å². The lowest BCUT2D eigenvalue weighted by molar-refractivity contribution is -0.274. The highest BCUT2D eigenvalue weighted by atomic mass is 19.4. The lowest BCUT2D eigenvalue weighted by Gasteiger charge is -2.47. The Balaban J connectivity index is 1.68. The summed E-state index contributed by atoms with van der Waals surface area (Å²) in [6.07, 6.45) is 0.461. The van der Waals surface area contributed by atoms with Crippen LogP contribution in [0.2, 0.25) is 0 Å². The summed E-state index contributed by atoms with van der Waals surface area (Å²) in [4.78, 5) is 44.7. The number of benzene rings is 2. The van der Waals surface area contributed by atoms with Gasteiger partial charge in [0.25, 0.3) is 11.8 Å². The van der Waals surface area contributed by atoms with Gasteiger partial charge in [0.15, 0.2) is 0 Å². The van der Waals surface area contributed by atoms with E-state index in [0.717, 1.165) is 31.2 Å². The zero-order chi connectivity index (χ0) is 33.0. The normalized spacial score (nSPS) is 21.0. The fourth-order valence-corrected chi connectivity index (χ4v) is 6.43. The molecular weight excluding hydrogens is 587 g/mol. The second kappa shape index (κ2) is 13.6. The molecule has 2 aromatic carbocycles. The molecule has 244 valence electrons. The Morgan fingerprint density at radius 2 is 1.69 bits per heavy atom. The highest BCUT2D eigenvalue weighted by molar-refractivity contribution is 6.46. The molecule has 0 aromatic heterocycles. The van der Waals surface area contributed by atoms with Gasteiger partial charge in [0.05, 0.1) is 12.5 Å². The lowest BCUT2D eigenvalue weighted by Crippen LogP contribution is -2.51. The summed E-state index contributed by atoms with van der Waals surface area (Å²) < 4.78 is 42.3. The summed E-state index contributed by atoms with van der Waals surface area (Å²) in [5, 5.41) is 11.5. The van der Waals surface area contributed by atoms with E-state index in [1.54, 1.807) is 12.1 Å². The molecule has 0 saturated heterocycles. The van der Waals surface area contributed by atoms with Crippen molar-refractivity contribution >= 4 is 23.5 Å². The summed E-state index contributed by atoms with van der Waals surface area (Å²) >= 11 is 0. The Morgan fingerprint density at radius 1 is 1.07 bits per heavy atom. The molecular formula is C34H42F3N3O5.